The van der Waals surface area contributed by atoms with E-state index in [-0.39, 0.29) is 27.0 Å². The minimum absolute atomic E-state index is 0.0170. The summed E-state index contributed by atoms with van der Waals surface area (Å²) in [6, 6.07) is 5.95. The molecular formula is C20H19ClF2N4O2S. The Bertz CT molecular complexity index is 1230. The summed E-state index contributed by atoms with van der Waals surface area (Å²) in [6.45, 7) is 2.36. The number of benzene rings is 2. The highest BCUT2D eigenvalue weighted by atomic mass is 35.5. The first kappa shape index (κ1) is 20.7. The van der Waals surface area contributed by atoms with Gasteiger partial charge in [0.2, 0.25) is 0 Å². The molecule has 1 aromatic heterocycles. The van der Waals surface area contributed by atoms with Gasteiger partial charge in [0.1, 0.15) is 17.5 Å². The Balaban J connectivity index is 1.74. The number of anilines is 1. The number of aromatic nitrogens is 3. The van der Waals surface area contributed by atoms with E-state index < -0.39 is 21.7 Å². The molecule has 1 aliphatic rings. The molecule has 4 rings (SSSR count). The molecule has 0 fully saturated rings. The van der Waals surface area contributed by atoms with Crippen molar-refractivity contribution in [3.8, 4) is 11.4 Å². The number of aryl methyl sites for hydroxylation is 2. The van der Waals surface area contributed by atoms with Crippen molar-refractivity contribution in [2.24, 2.45) is 0 Å². The fraction of sp³-hybridized carbons (Fsp3) is 0.300. The molecule has 0 unspecified atom stereocenters. The molecule has 0 spiro atoms. The van der Waals surface area contributed by atoms with Gasteiger partial charge in [0.15, 0.2) is 5.82 Å². The zero-order valence-corrected chi connectivity index (χ0v) is 17.7. The van der Waals surface area contributed by atoms with Crippen LogP contribution in [-0.4, -0.2) is 23.2 Å². The lowest BCUT2D eigenvalue weighted by atomic mass is 10.1. The van der Waals surface area contributed by atoms with E-state index in [1.54, 1.807) is 17.6 Å². The largest absolute Gasteiger partial charge is 0.311 e. The number of sulfonamides is 1. The van der Waals surface area contributed by atoms with Crippen LogP contribution in [0.5, 0.6) is 0 Å². The molecule has 0 atom stereocenters. The number of nitrogens with one attached hydrogen (secondary N) is 1. The van der Waals surface area contributed by atoms with Gasteiger partial charge in [-0.2, -0.15) is 0 Å². The predicted octanol–water partition coefficient (Wildman–Crippen LogP) is 4.71. The summed E-state index contributed by atoms with van der Waals surface area (Å²) in [5, 5.41) is 8.47. The molecule has 0 amide bonds. The van der Waals surface area contributed by atoms with Gasteiger partial charge in [-0.15, -0.1) is 10.2 Å². The quantitative estimate of drug-likeness (QED) is 0.621. The molecule has 1 N–H and O–H groups in total. The van der Waals surface area contributed by atoms with Gasteiger partial charge in [-0.1, -0.05) is 24.1 Å². The Morgan fingerprint density at radius 2 is 1.87 bits per heavy atom. The van der Waals surface area contributed by atoms with Crippen LogP contribution in [-0.2, 0) is 23.0 Å². The number of fused-ring (bicyclic) bond motifs is 1. The van der Waals surface area contributed by atoms with E-state index in [9.17, 15) is 17.2 Å². The van der Waals surface area contributed by atoms with Gasteiger partial charge in [0.05, 0.1) is 16.1 Å². The normalized spacial score (nSPS) is 14.3. The van der Waals surface area contributed by atoms with E-state index in [1.807, 2.05) is 0 Å². The van der Waals surface area contributed by atoms with E-state index >= 15 is 0 Å². The molecular weight excluding hydrogens is 434 g/mol. The average Bonchev–Trinajstić information content (AvgIpc) is 2.93. The van der Waals surface area contributed by atoms with Crippen LogP contribution in [0.15, 0.2) is 35.2 Å². The van der Waals surface area contributed by atoms with Crippen LogP contribution in [0, 0.1) is 18.6 Å². The van der Waals surface area contributed by atoms with Crippen LogP contribution >= 0.6 is 11.6 Å². The lowest BCUT2D eigenvalue weighted by Gasteiger charge is -2.13. The number of halogens is 3. The number of hydrogen-bond acceptors (Lipinski definition) is 4. The molecule has 6 nitrogen and oxygen atoms in total. The zero-order valence-electron chi connectivity index (χ0n) is 16.1. The van der Waals surface area contributed by atoms with Crippen LogP contribution in [0.2, 0.25) is 5.02 Å². The first-order valence-corrected chi connectivity index (χ1v) is 11.3. The Labute approximate surface area is 178 Å². The maximum absolute atomic E-state index is 14.6. The van der Waals surface area contributed by atoms with Crippen LogP contribution in [0.25, 0.3) is 11.4 Å². The van der Waals surface area contributed by atoms with Crippen molar-refractivity contribution < 1.29 is 17.2 Å². The highest BCUT2D eigenvalue weighted by molar-refractivity contribution is 7.92. The molecule has 0 bridgehead atoms. The van der Waals surface area contributed by atoms with Crippen molar-refractivity contribution in [1.82, 2.24) is 14.8 Å². The summed E-state index contributed by atoms with van der Waals surface area (Å²) in [4.78, 5) is -0.125. The van der Waals surface area contributed by atoms with Crippen LogP contribution < -0.4 is 4.72 Å². The molecule has 1 aliphatic heterocycles. The van der Waals surface area contributed by atoms with Crippen LogP contribution in [0.3, 0.4) is 0 Å². The van der Waals surface area contributed by atoms with Gasteiger partial charge in [0.25, 0.3) is 10.0 Å². The van der Waals surface area contributed by atoms with E-state index in [1.165, 1.54) is 12.1 Å². The van der Waals surface area contributed by atoms with Gasteiger partial charge < -0.3 is 4.57 Å². The number of rotatable bonds is 4. The Morgan fingerprint density at radius 1 is 1.07 bits per heavy atom. The molecule has 2 heterocycles. The summed E-state index contributed by atoms with van der Waals surface area (Å²) in [7, 11) is -4.14. The molecule has 3 aromatic rings. The van der Waals surface area contributed by atoms with Gasteiger partial charge in [0, 0.05) is 24.1 Å². The molecule has 0 saturated heterocycles. The summed E-state index contributed by atoms with van der Waals surface area (Å²) in [5.41, 5.74) is 0.309. The van der Waals surface area contributed by atoms with E-state index in [0.29, 0.717) is 18.2 Å². The number of hydrogen-bond donors (Lipinski definition) is 1. The third-order valence-electron chi connectivity index (χ3n) is 5.11. The fourth-order valence-corrected chi connectivity index (χ4v) is 4.76. The standard InChI is InChI=1S/C20H19ClF2N4O2S/c1-12-6-7-13(9-15(12)21)30(28,29)26-18-10-14(16(22)11-17(18)23)20-25-24-19-5-3-2-4-8-27(19)20/h6-7,9-11,26H,2-5,8H2,1H3. The summed E-state index contributed by atoms with van der Waals surface area (Å²) in [5.74, 6) is -0.882. The van der Waals surface area contributed by atoms with E-state index in [2.05, 4.69) is 14.9 Å². The lowest BCUT2D eigenvalue weighted by Crippen LogP contribution is -2.14. The summed E-state index contributed by atoms with van der Waals surface area (Å²) >= 11 is 6.01. The van der Waals surface area contributed by atoms with E-state index in [0.717, 1.165) is 37.6 Å². The Morgan fingerprint density at radius 3 is 2.63 bits per heavy atom. The topological polar surface area (TPSA) is 76.9 Å². The van der Waals surface area contributed by atoms with Gasteiger partial charge in [-0.3, -0.25) is 4.72 Å². The van der Waals surface area contributed by atoms with Crippen molar-refractivity contribution in [3.05, 3.63) is 58.4 Å². The van der Waals surface area contributed by atoms with E-state index in [4.69, 9.17) is 11.6 Å². The van der Waals surface area contributed by atoms with Crippen LogP contribution in [0.4, 0.5) is 14.5 Å². The van der Waals surface area contributed by atoms with Crippen molar-refractivity contribution >= 4 is 27.3 Å². The summed E-state index contributed by atoms with van der Waals surface area (Å²) in [6.07, 6.45) is 3.62. The lowest BCUT2D eigenvalue weighted by molar-refractivity contribution is 0.581. The molecule has 0 aliphatic carbocycles. The maximum Gasteiger partial charge on any atom is 0.262 e. The Hall–Kier alpha value is -2.52. The molecule has 30 heavy (non-hydrogen) atoms. The predicted molar refractivity (Wildman–Crippen MR) is 110 cm³/mol. The summed E-state index contributed by atoms with van der Waals surface area (Å²) < 4.78 is 58.5. The fourth-order valence-electron chi connectivity index (χ4n) is 3.43. The Kier molecular flexibility index (Phi) is 5.50. The second-order valence-electron chi connectivity index (χ2n) is 7.23. The highest BCUT2D eigenvalue weighted by Gasteiger charge is 2.23. The highest BCUT2D eigenvalue weighted by Crippen LogP contribution is 2.31. The minimum Gasteiger partial charge on any atom is -0.311 e. The third kappa shape index (κ3) is 3.91. The van der Waals surface area contributed by atoms with Crippen molar-refractivity contribution in [2.75, 3.05) is 4.72 Å². The van der Waals surface area contributed by atoms with Crippen molar-refractivity contribution in [3.63, 3.8) is 0 Å². The van der Waals surface area contributed by atoms with Gasteiger partial charge in [-0.25, -0.2) is 17.2 Å². The smallest absolute Gasteiger partial charge is 0.262 e. The monoisotopic (exact) mass is 452 g/mol. The second-order valence-corrected chi connectivity index (χ2v) is 9.32. The zero-order chi connectivity index (χ0) is 21.5. The molecule has 2 aromatic carbocycles. The first-order chi connectivity index (χ1) is 14.3. The molecule has 158 valence electrons. The molecule has 0 saturated carbocycles. The van der Waals surface area contributed by atoms with Crippen LogP contribution in [0.1, 0.15) is 30.7 Å². The van der Waals surface area contributed by atoms with Crippen molar-refractivity contribution in [1.29, 1.82) is 0 Å². The van der Waals surface area contributed by atoms with Crippen molar-refractivity contribution in [2.45, 2.75) is 44.0 Å². The maximum atomic E-state index is 14.6. The average molecular weight is 453 g/mol. The third-order valence-corrected chi connectivity index (χ3v) is 6.88. The van der Waals surface area contributed by atoms with Gasteiger partial charge >= 0.3 is 0 Å². The second kappa shape index (κ2) is 7.96. The first-order valence-electron chi connectivity index (χ1n) is 9.47. The molecule has 10 heteroatoms. The number of nitrogens with zero attached hydrogens (tertiary/aromatic N) is 3. The SMILES string of the molecule is Cc1ccc(S(=O)(=O)Nc2cc(-c3nnc4n3CCCCC4)c(F)cc2F)cc1Cl. The minimum atomic E-state index is -4.14. The molecule has 0 radical (unpaired) electrons. The van der Waals surface area contributed by atoms with Gasteiger partial charge in [-0.05, 0) is 43.5 Å².